The van der Waals surface area contributed by atoms with Crippen LogP contribution < -0.4 is 0 Å². The van der Waals surface area contributed by atoms with Crippen LogP contribution in [0.15, 0.2) is 16.3 Å². The summed E-state index contributed by atoms with van der Waals surface area (Å²) in [5.74, 6) is 0.275. The van der Waals surface area contributed by atoms with Gasteiger partial charge in [-0.1, -0.05) is 17.6 Å². The Balaban J connectivity index is 2.65. The number of hydrogen-bond acceptors (Lipinski definition) is 2. The van der Waals surface area contributed by atoms with Crippen molar-refractivity contribution >= 4 is 5.78 Å². The van der Waals surface area contributed by atoms with E-state index in [1.54, 1.807) is 0 Å². The van der Waals surface area contributed by atoms with E-state index in [2.05, 4.69) is 10.0 Å². The standard InChI is InChI=1S/C12H19N3O/c1-9-5-7-12(3,11(16)10(9)2)6-4-8-14-15-13/h4-8H2,1-3H3. The van der Waals surface area contributed by atoms with Crippen molar-refractivity contribution in [3.63, 3.8) is 0 Å². The van der Waals surface area contributed by atoms with Crippen LogP contribution in [0, 0.1) is 5.41 Å². The largest absolute Gasteiger partial charge is 0.294 e. The second kappa shape index (κ2) is 5.17. The van der Waals surface area contributed by atoms with E-state index in [0.717, 1.165) is 31.3 Å². The summed E-state index contributed by atoms with van der Waals surface area (Å²) in [6.45, 7) is 6.47. The molecular weight excluding hydrogens is 202 g/mol. The zero-order valence-corrected chi connectivity index (χ0v) is 10.3. The third-order valence-corrected chi connectivity index (χ3v) is 3.63. The third-order valence-electron chi connectivity index (χ3n) is 3.63. The van der Waals surface area contributed by atoms with E-state index in [1.807, 2.05) is 20.8 Å². The first kappa shape index (κ1) is 12.8. The number of allylic oxidation sites excluding steroid dienone is 2. The summed E-state index contributed by atoms with van der Waals surface area (Å²) in [7, 11) is 0. The molecule has 1 rings (SSSR count). The molecule has 4 nitrogen and oxygen atoms in total. The SMILES string of the molecule is CC1=C(C)C(=O)C(C)(CCCN=[N+]=[N-])CC1. The summed E-state index contributed by atoms with van der Waals surface area (Å²) >= 11 is 0. The highest BCUT2D eigenvalue weighted by molar-refractivity contribution is 6.00. The smallest absolute Gasteiger partial charge is 0.164 e. The Hall–Kier alpha value is -1.28. The van der Waals surface area contributed by atoms with Gasteiger partial charge < -0.3 is 0 Å². The van der Waals surface area contributed by atoms with Crippen molar-refractivity contribution in [2.75, 3.05) is 6.54 Å². The molecule has 0 N–H and O–H groups in total. The van der Waals surface area contributed by atoms with Gasteiger partial charge >= 0.3 is 0 Å². The zero-order chi connectivity index (χ0) is 12.2. The van der Waals surface area contributed by atoms with Crippen molar-refractivity contribution in [2.24, 2.45) is 10.5 Å². The molecule has 0 aromatic heterocycles. The fourth-order valence-corrected chi connectivity index (χ4v) is 2.23. The fourth-order valence-electron chi connectivity index (χ4n) is 2.23. The number of hydrogen-bond donors (Lipinski definition) is 0. The molecule has 0 radical (unpaired) electrons. The van der Waals surface area contributed by atoms with E-state index in [1.165, 1.54) is 5.57 Å². The van der Waals surface area contributed by atoms with Crippen molar-refractivity contribution in [1.82, 2.24) is 0 Å². The van der Waals surface area contributed by atoms with Crippen molar-refractivity contribution in [3.05, 3.63) is 21.6 Å². The predicted molar refractivity (Wildman–Crippen MR) is 64.0 cm³/mol. The summed E-state index contributed by atoms with van der Waals surface area (Å²) < 4.78 is 0. The van der Waals surface area contributed by atoms with Crippen molar-refractivity contribution in [2.45, 2.75) is 46.5 Å². The maximum atomic E-state index is 12.2. The van der Waals surface area contributed by atoms with E-state index in [9.17, 15) is 4.79 Å². The van der Waals surface area contributed by atoms with Gasteiger partial charge in [-0.05, 0) is 50.6 Å². The van der Waals surface area contributed by atoms with E-state index in [4.69, 9.17) is 5.53 Å². The Morgan fingerprint density at radius 1 is 1.50 bits per heavy atom. The fraction of sp³-hybridized carbons (Fsp3) is 0.750. The normalized spacial score (nSPS) is 25.6. The highest BCUT2D eigenvalue weighted by atomic mass is 16.1. The maximum absolute atomic E-state index is 12.2. The lowest BCUT2D eigenvalue weighted by molar-refractivity contribution is -0.125. The first-order valence-electron chi connectivity index (χ1n) is 5.73. The molecule has 0 saturated carbocycles. The topological polar surface area (TPSA) is 65.8 Å². The van der Waals surface area contributed by atoms with Gasteiger partial charge in [0.1, 0.15) is 0 Å². The highest BCUT2D eigenvalue weighted by Crippen LogP contribution is 2.39. The minimum Gasteiger partial charge on any atom is -0.294 e. The Kier molecular flexibility index (Phi) is 4.13. The molecule has 0 heterocycles. The van der Waals surface area contributed by atoms with E-state index >= 15 is 0 Å². The van der Waals surface area contributed by atoms with Crippen molar-refractivity contribution in [1.29, 1.82) is 0 Å². The van der Waals surface area contributed by atoms with Gasteiger partial charge in [0, 0.05) is 16.9 Å². The summed E-state index contributed by atoms with van der Waals surface area (Å²) in [6, 6.07) is 0. The van der Waals surface area contributed by atoms with Gasteiger partial charge in [0.15, 0.2) is 5.78 Å². The van der Waals surface area contributed by atoms with Gasteiger partial charge in [-0.2, -0.15) is 0 Å². The lowest BCUT2D eigenvalue weighted by atomic mass is 9.70. The molecule has 88 valence electrons. The minimum atomic E-state index is -0.241. The van der Waals surface area contributed by atoms with Gasteiger partial charge in [0.05, 0.1) is 0 Å². The molecule has 1 atom stereocenters. The number of rotatable bonds is 4. The molecule has 0 spiro atoms. The van der Waals surface area contributed by atoms with Crippen LogP contribution in [-0.4, -0.2) is 12.3 Å². The van der Waals surface area contributed by atoms with Gasteiger partial charge in [0.25, 0.3) is 0 Å². The van der Waals surface area contributed by atoms with Gasteiger partial charge in [-0.3, -0.25) is 4.79 Å². The number of Topliss-reactive ketones (excluding diaryl/α,β-unsaturated/α-hetero) is 1. The lowest BCUT2D eigenvalue weighted by Gasteiger charge is -2.33. The second-order valence-corrected chi connectivity index (χ2v) is 4.85. The molecule has 0 aromatic carbocycles. The number of azide groups is 1. The Morgan fingerprint density at radius 2 is 2.19 bits per heavy atom. The number of carbonyl (C=O) groups excluding carboxylic acids is 1. The molecule has 1 aliphatic carbocycles. The summed E-state index contributed by atoms with van der Waals surface area (Å²) in [6.07, 6.45) is 3.54. The van der Waals surface area contributed by atoms with Crippen molar-refractivity contribution in [3.8, 4) is 0 Å². The molecule has 4 heteroatoms. The molecule has 0 fully saturated rings. The number of nitrogens with zero attached hydrogens (tertiary/aromatic N) is 3. The Bertz CT molecular complexity index is 366. The molecule has 0 aromatic rings. The average Bonchev–Trinajstić information content (AvgIpc) is 2.28. The van der Waals surface area contributed by atoms with Crippen LogP contribution in [0.2, 0.25) is 0 Å². The van der Waals surface area contributed by atoms with Crippen LogP contribution in [0.3, 0.4) is 0 Å². The number of ketones is 1. The van der Waals surface area contributed by atoms with Crippen LogP contribution in [0.1, 0.15) is 46.5 Å². The molecule has 0 saturated heterocycles. The summed E-state index contributed by atoms with van der Waals surface area (Å²) in [4.78, 5) is 14.9. The first-order valence-corrected chi connectivity index (χ1v) is 5.73. The summed E-state index contributed by atoms with van der Waals surface area (Å²) in [5.41, 5.74) is 10.1. The van der Waals surface area contributed by atoms with Gasteiger partial charge in [-0.15, -0.1) is 0 Å². The molecule has 0 bridgehead atoms. The van der Waals surface area contributed by atoms with Crippen LogP contribution in [0.5, 0.6) is 0 Å². The Morgan fingerprint density at radius 3 is 2.81 bits per heavy atom. The maximum Gasteiger partial charge on any atom is 0.164 e. The van der Waals surface area contributed by atoms with Crippen LogP contribution in [0.4, 0.5) is 0 Å². The van der Waals surface area contributed by atoms with Gasteiger partial charge in [-0.25, -0.2) is 0 Å². The molecule has 0 aliphatic heterocycles. The minimum absolute atomic E-state index is 0.241. The van der Waals surface area contributed by atoms with E-state index in [0.29, 0.717) is 6.54 Å². The first-order chi connectivity index (χ1) is 7.51. The molecule has 1 aliphatic rings. The molecule has 16 heavy (non-hydrogen) atoms. The quantitative estimate of drug-likeness (QED) is 0.308. The highest BCUT2D eigenvalue weighted by Gasteiger charge is 2.36. The van der Waals surface area contributed by atoms with Crippen molar-refractivity contribution < 1.29 is 4.79 Å². The van der Waals surface area contributed by atoms with Crippen LogP contribution in [0.25, 0.3) is 10.4 Å². The van der Waals surface area contributed by atoms with Crippen LogP contribution >= 0.6 is 0 Å². The third kappa shape index (κ3) is 2.64. The average molecular weight is 221 g/mol. The monoisotopic (exact) mass is 221 g/mol. The van der Waals surface area contributed by atoms with E-state index < -0.39 is 0 Å². The predicted octanol–water partition coefficient (Wildman–Crippen LogP) is 3.78. The second-order valence-electron chi connectivity index (χ2n) is 4.85. The van der Waals surface area contributed by atoms with E-state index in [-0.39, 0.29) is 11.2 Å². The zero-order valence-electron chi connectivity index (χ0n) is 10.3. The molecular formula is C12H19N3O. The number of carbonyl (C=O) groups is 1. The molecule has 0 amide bonds. The Labute approximate surface area is 96.4 Å². The van der Waals surface area contributed by atoms with Gasteiger partial charge in [0.2, 0.25) is 0 Å². The summed E-state index contributed by atoms with van der Waals surface area (Å²) in [5, 5.41) is 3.50. The van der Waals surface area contributed by atoms with Crippen LogP contribution in [-0.2, 0) is 4.79 Å². The lowest BCUT2D eigenvalue weighted by Crippen LogP contribution is -2.32. The molecule has 1 unspecified atom stereocenters.